The van der Waals surface area contributed by atoms with Gasteiger partial charge >= 0.3 is 5.97 Å². The van der Waals surface area contributed by atoms with Crippen LogP contribution < -0.4 is 5.48 Å². The molecule has 1 unspecified atom stereocenters. The maximum Gasteiger partial charge on any atom is 0.356 e. The Kier molecular flexibility index (Phi) is 3.46. The van der Waals surface area contributed by atoms with E-state index in [1.807, 2.05) is 13.8 Å². The van der Waals surface area contributed by atoms with E-state index in [-0.39, 0.29) is 11.6 Å². The molecule has 0 fully saturated rings. The SMILES string of the molecule is CC(C)C1N=C(c2cccc([N+](=O)[O-])c2)NOC1=O. The minimum Gasteiger partial charge on any atom is -0.339 e. The van der Waals surface area contributed by atoms with E-state index in [2.05, 4.69) is 10.5 Å². The van der Waals surface area contributed by atoms with Gasteiger partial charge in [-0.3, -0.25) is 10.1 Å². The number of hydrogen-bond donors (Lipinski definition) is 1. The van der Waals surface area contributed by atoms with Crippen LogP contribution in [-0.4, -0.2) is 22.8 Å². The van der Waals surface area contributed by atoms with Crippen molar-refractivity contribution < 1.29 is 14.6 Å². The van der Waals surface area contributed by atoms with E-state index < -0.39 is 16.9 Å². The number of benzene rings is 1. The van der Waals surface area contributed by atoms with Crippen LogP contribution in [0.4, 0.5) is 5.69 Å². The van der Waals surface area contributed by atoms with Gasteiger partial charge in [0.05, 0.1) is 4.92 Å². The molecule has 0 aromatic heterocycles. The molecular formula is C12H13N3O4. The van der Waals surface area contributed by atoms with Gasteiger partial charge in [0, 0.05) is 17.7 Å². The normalized spacial score (nSPS) is 18.6. The Morgan fingerprint density at radius 3 is 2.84 bits per heavy atom. The van der Waals surface area contributed by atoms with E-state index >= 15 is 0 Å². The fraction of sp³-hybridized carbons (Fsp3) is 0.333. The van der Waals surface area contributed by atoms with Crippen LogP contribution in [-0.2, 0) is 9.63 Å². The Labute approximate surface area is 109 Å². The van der Waals surface area contributed by atoms with Gasteiger partial charge in [0.25, 0.3) is 5.69 Å². The lowest BCUT2D eigenvalue weighted by atomic mass is 10.0. The van der Waals surface area contributed by atoms with Crippen molar-refractivity contribution in [1.29, 1.82) is 0 Å². The summed E-state index contributed by atoms with van der Waals surface area (Å²) in [6.45, 7) is 3.71. The number of hydroxylamine groups is 1. The van der Waals surface area contributed by atoms with E-state index in [1.165, 1.54) is 12.1 Å². The van der Waals surface area contributed by atoms with Crippen LogP contribution in [0.25, 0.3) is 0 Å². The molecule has 1 aliphatic rings. The summed E-state index contributed by atoms with van der Waals surface area (Å²) >= 11 is 0. The molecule has 0 radical (unpaired) electrons. The zero-order valence-corrected chi connectivity index (χ0v) is 10.5. The molecule has 1 aromatic carbocycles. The van der Waals surface area contributed by atoms with E-state index in [4.69, 9.17) is 4.84 Å². The van der Waals surface area contributed by atoms with Gasteiger partial charge in [-0.2, -0.15) is 0 Å². The standard InChI is InChI=1S/C12H13N3O4/c1-7(2)10-12(16)19-14-11(13-10)8-4-3-5-9(6-8)15(17)18/h3-7,10H,1-2H3,(H,13,14). The number of nitro groups is 1. The predicted molar refractivity (Wildman–Crippen MR) is 67.5 cm³/mol. The number of nitro benzene ring substituents is 1. The first-order valence-electron chi connectivity index (χ1n) is 5.78. The van der Waals surface area contributed by atoms with Gasteiger partial charge in [0.1, 0.15) is 0 Å². The first-order valence-corrected chi connectivity index (χ1v) is 5.78. The molecule has 2 rings (SSSR count). The van der Waals surface area contributed by atoms with E-state index in [0.717, 1.165) is 0 Å². The number of amidine groups is 1. The molecule has 0 spiro atoms. The lowest BCUT2D eigenvalue weighted by Gasteiger charge is -2.22. The molecule has 19 heavy (non-hydrogen) atoms. The van der Waals surface area contributed by atoms with Crippen molar-refractivity contribution in [3.05, 3.63) is 39.9 Å². The Hall–Kier alpha value is -2.44. The molecule has 0 bridgehead atoms. The Bertz CT molecular complexity index is 554. The number of rotatable bonds is 3. The second kappa shape index (κ2) is 5.05. The van der Waals surface area contributed by atoms with E-state index in [0.29, 0.717) is 11.4 Å². The molecule has 0 saturated carbocycles. The Morgan fingerprint density at radius 2 is 2.21 bits per heavy atom. The quantitative estimate of drug-likeness (QED) is 0.657. The molecule has 0 aliphatic carbocycles. The van der Waals surface area contributed by atoms with Crippen molar-refractivity contribution in [3.8, 4) is 0 Å². The zero-order chi connectivity index (χ0) is 14.0. The molecule has 7 nitrogen and oxygen atoms in total. The van der Waals surface area contributed by atoms with Crippen LogP contribution in [0.1, 0.15) is 19.4 Å². The van der Waals surface area contributed by atoms with Gasteiger partial charge in [-0.25, -0.2) is 15.3 Å². The lowest BCUT2D eigenvalue weighted by molar-refractivity contribution is -0.384. The fourth-order valence-corrected chi connectivity index (χ4v) is 1.70. The molecule has 1 N–H and O–H groups in total. The number of nitrogens with one attached hydrogen (secondary N) is 1. The van der Waals surface area contributed by atoms with Crippen molar-refractivity contribution >= 4 is 17.5 Å². The Morgan fingerprint density at radius 1 is 1.47 bits per heavy atom. The molecule has 0 saturated heterocycles. The molecule has 1 atom stereocenters. The number of hydrogen-bond acceptors (Lipinski definition) is 6. The summed E-state index contributed by atoms with van der Waals surface area (Å²) < 4.78 is 0. The van der Waals surface area contributed by atoms with Gasteiger partial charge in [-0.1, -0.05) is 26.0 Å². The molecular weight excluding hydrogens is 250 g/mol. The van der Waals surface area contributed by atoms with Crippen LogP contribution in [0.15, 0.2) is 29.3 Å². The molecule has 1 aliphatic heterocycles. The van der Waals surface area contributed by atoms with Crippen molar-refractivity contribution in [3.63, 3.8) is 0 Å². The second-order valence-corrected chi connectivity index (χ2v) is 4.50. The largest absolute Gasteiger partial charge is 0.356 e. The average molecular weight is 263 g/mol. The van der Waals surface area contributed by atoms with Crippen molar-refractivity contribution in [1.82, 2.24) is 5.48 Å². The van der Waals surface area contributed by atoms with Gasteiger partial charge in [0.2, 0.25) is 0 Å². The number of nitrogens with zero attached hydrogens (tertiary/aromatic N) is 2. The van der Waals surface area contributed by atoms with Gasteiger partial charge in [0.15, 0.2) is 11.9 Å². The highest BCUT2D eigenvalue weighted by Crippen LogP contribution is 2.17. The van der Waals surface area contributed by atoms with Crippen LogP contribution in [0.2, 0.25) is 0 Å². The second-order valence-electron chi connectivity index (χ2n) is 4.50. The van der Waals surface area contributed by atoms with Gasteiger partial charge in [-0.15, -0.1) is 0 Å². The minimum atomic E-state index is -0.601. The Balaban J connectivity index is 2.36. The van der Waals surface area contributed by atoms with Gasteiger partial charge in [-0.05, 0) is 5.92 Å². The maximum atomic E-state index is 11.5. The average Bonchev–Trinajstić information content (AvgIpc) is 2.39. The third-order valence-corrected chi connectivity index (χ3v) is 2.72. The summed E-state index contributed by atoms with van der Waals surface area (Å²) in [4.78, 5) is 30.8. The summed E-state index contributed by atoms with van der Waals surface area (Å²) in [6.07, 6.45) is 0. The summed E-state index contributed by atoms with van der Waals surface area (Å²) in [5, 5.41) is 10.7. The monoisotopic (exact) mass is 263 g/mol. The molecule has 0 amide bonds. The van der Waals surface area contributed by atoms with E-state index in [1.54, 1.807) is 12.1 Å². The summed E-state index contributed by atoms with van der Waals surface area (Å²) in [6, 6.07) is 5.38. The fourth-order valence-electron chi connectivity index (χ4n) is 1.70. The van der Waals surface area contributed by atoms with Crippen molar-refractivity contribution in [2.24, 2.45) is 10.9 Å². The topological polar surface area (TPSA) is 93.8 Å². The van der Waals surface area contributed by atoms with Crippen LogP contribution in [0, 0.1) is 16.0 Å². The highest BCUT2D eigenvalue weighted by molar-refractivity contribution is 6.02. The van der Waals surface area contributed by atoms with E-state index in [9.17, 15) is 14.9 Å². The molecule has 7 heteroatoms. The number of carbonyl (C=O) groups excluding carboxylic acids is 1. The molecule has 1 heterocycles. The first-order chi connectivity index (χ1) is 8.99. The summed E-state index contributed by atoms with van der Waals surface area (Å²) in [5.41, 5.74) is 2.88. The third-order valence-electron chi connectivity index (χ3n) is 2.72. The van der Waals surface area contributed by atoms with Crippen molar-refractivity contribution in [2.45, 2.75) is 19.9 Å². The highest BCUT2D eigenvalue weighted by atomic mass is 16.7. The minimum absolute atomic E-state index is 0.0108. The number of non-ortho nitro benzene ring substituents is 1. The van der Waals surface area contributed by atoms with Gasteiger partial charge < -0.3 is 4.84 Å². The third kappa shape index (κ3) is 2.70. The molecule has 100 valence electrons. The number of aliphatic imine (C=N–C) groups is 1. The predicted octanol–water partition coefficient (Wildman–Crippen LogP) is 1.43. The summed E-state index contributed by atoms with van der Waals surface area (Å²) in [7, 11) is 0. The first kappa shape index (κ1) is 13.0. The smallest absolute Gasteiger partial charge is 0.339 e. The summed E-state index contributed by atoms with van der Waals surface area (Å²) in [5.74, 6) is -0.144. The van der Waals surface area contributed by atoms with Crippen LogP contribution >= 0.6 is 0 Å². The van der Waals surface area contributed by atoms with Crippen molar-refractivity contribution in [2.75, 3.05) is 0 Å². The zero-order valence-electron chi connectivity index (χ0n) is 10.5. The van der Waals surface area contributed by atoms with Crippen LogP contribution in [0.5, 0.6) is 0 Å². The maximum absolute atomic E-state index is 11.5. The highest BCUT2D eigenvalue weighted by Gasteiger charge is 2.29. The lowest BCUT2D eigenvalue weighted by Crippen LogP contribution is -2.41. The molecule has 1 aromatic rings. The number of carbonyl (C=O) groups is 1. The van der Waals surface area contributed by atoms with Crippen LogP contribution in [0.3, 0.4) is 0 Å².